The second-order valence-electron chi connectivity index (χ2n) is 3.99. The van der Waals surface area contributed by atoms with Crippen molar-refractivity contribution in [2.75, 3.05) is 0 Å². The number of benzene rings is 1. The van der Waals surface area contributed by atoms with Gasteiger partial charge < -0.3 is 4.74 Å². The van der Waals surface area contributed by atoms with Crippen molar-refractivity contribution >= 4 is 17.5 Å². The van der Waals surface area contributed by atoms with Gasteiger partial charge in [0, 0.05) is 16.7 Å². The number of hydrogen-bond acceptors (Lipinski definition) is 4. The Labute approximate surface area is 96.9 Å². The minimum atomic E-state index is -0.454. The van der Waals surface area contributed by atoms with Crippen LogP contribution in [0, 0.1) is 0 Å². The topological polar surface area (TPSA) is 60.4 Å². The van der Waals surface area contributed by atoms with Crippen LogP contribution >= 0.6 is 0 Å². The molecule has 1 aliphatic heterocycles. The van der Waals surface area contributed by atoms with Crippen LogP contribution < -0.4 is 0 Å². The molecule has 84 valence electrons. The predicted molar refractivity (Wildman–Crippen MR) is 57.5 cm³/mol. The highest BCUT2D eigenvalue weighted by molar-refractivity contribution is 6.27. The van der Waals surface area contributed by atoms with Gasteiger partial charge in [0.25, 0.3) is 0 Å². The lowest BCUT2D eigenvalue weighted by Crippen LogP contribution is -2.28. The van der Waals surface area contributed by atoms with Crippen molar-refractivity contribution in [3.05, 3.63) is 46.7 Å². The Morgan fingerprint density at radius 1 is 0.882 bits per heavy atom. The first-order chi connectivity index (χ1) is 8.18. The van der Waals surface area contributed by atoms with E-state index in [1.807, 2.05) is 0 Å². The molecule has 0 N–H and O–H groups in total. The Morgan fingerprint density at radius 3 is 2.24 bits per heavy atom. The number of carbonyl (C=O) groups excluding carboxylic acids is 3. The minimum absolute atomic E-state index is 0.0787. The molecular formula is C13H8O4. The minimum Gasteiger partial charge on any atom is -0.422 e. The van der Waals surface area contributed by atoms with Gasteiger partial charge in [0.15, 0.2) is 11.5 Å². The number of allylic oxidation sites excluding steroid dienone is 2. The van der Waals surface area contributed by atoms with Gasteiger partial charge in [0.05, 0.1) is 6.42 Å². The molecule has 4 nitrogen and oxygen atoms in total. The molecule has 0 radical (unpaired) electrons. The Bertz CT molecular complexity index is 595. The zero-order valence-electron chi connectivity index (χ0n) is 8.86. The largest absolute Gasteiger partial charge is 0.422 e. The maximum absolute atomic E-state index is 12.1. The molecule has 0 saturated heterocycles. The first-order valence-electron chi connectivity index (χ1n) is 5.31. The summed E-state index contributed by atoms with van der Waals surface area (Å²) in [5.41, 5.74) is 1.04. The van der Waals surface area contributed by atoms with E-state index in [0.29, 0.717) is 16.7 Å². The predicted octanol–water partition coefficient (Wildman–Crippen LogP) is 1.66. The van der Waals surface area contributed by atoms with Crippen molar-refractivity contribution in [1.29, 1.82) is 0 Å². The maximum Gasteiger partial charge on any atom is 0.311 e. The van der Waals surface area contributed by atoms with E-state index in [1.54, 1.807) is 24.3 Å². The lowest BCUT2D eigenvalue weighted by Gasteiger charge is -2.23. The van der Waals surface area contributed by atoms with E-state index in [-0.39, 0.29) is 30.2 Å². The number of rotatable bonds is 0. The third kappa shape index (κ3) is 1.34. The summed E-state index contributed by atoms with van der Waals surface area (Å²) in [5, 5.41) is 0. The zero-order valence-corrected chi connectivity index (χ0v) is 8.86. The zero-order chi connectivity index (χ0) is 12.0. The highest BCUT2D eigenvalue weighted by Gasteiger charge is 2.36. The smallest absolute Gasteiger partial charge is 0.311 e. The van der Waals surface area contributed by atoms with Crippen molar-refractivity contribution in [3.63, 3.8) is 0 Å². The SMILES string of the molecule is O=C1CCC2=C(O1)C(=O)c1ccccc1C2=O. The molecule has 1 aromatic carbocycles. The number of carbonyl (C=O) groups is 3. The molecule has 3 rings (SSSR count). The quantitative estimate of drug-likeness (QED) is 0.633. The summed E-state index contributed by atoms with van der Waals surface area (Å²) in [6.45, 7) is 0. The molecule has 4 heteroatoms. The van der Waals surface area contributed by atoms with Gasteiger partial charge >= 0.3 is 5.97 Å². The standard InChI is InChI=1S/C13H8O4/c14-10-6-5-9-11(15)7-3-1-2-4-8(7)12(16)13(9)17-10/h1-4H,5-6H2. The number of hydrogen-bond donors (Lipinski definition) is 0. The van der Waals surface area contributed by atoms with Crippen LogP contribution in [0.25, 0.3) is 0 Å². The Morgan fingerprint density at radius 2 is 1.53 bits per heavy atom. The van der Waals surface area contributed by atoms with Gasteiger partial charge in [-0.1, -0.05) is 24.3 Å². The summed E-state index contributed by atoms with van der Waals surface area (Å²) in [6, 6.07) is 6.59. The first-order valence-corrected chi connectivity index (χ1v) is 5.31. The van der Waals surface area contributed by atoms with Gasteiger partial charge in [-0.15, -0.1) is 0 Å². The van der Waals surface area contributed by atoms with Gasteiger partial charge in [-0.2, -0.15) is 0 Å². The van der Waals surface area contributed by atoms with Crippen molar-refractivity contribution in [2.24, 2.45) is 0 Å². The van der Waals surface area contributed by atoms with Gasteiger partial charge in [0.1, 0.15) is 0 Å². The number of esters is 1. The third-order valence-corrected chi connectivity index (χ3v) is 2.97. The van der Waals surface area contributed by atoms with E-state index in [1.165, 1.54) is 0 Å². The summed E-state index contributed by atoms with van der Waals surface area (Å²) in [7, 11) is 0. The monoisotopic (exact) mass is 228 g/mol. The molecule has 2 aliphatic rings. The number of ketones is 2. The molecule has 17 heavy (non-hydrogen) atoms. The van der Waals surface area contributed by atoms with Crippen molar-refractivity contribution in [2.45, 2.75) is 12.8 Å². The number of fused-ring (bicyclic) bond motifs is 1. The van der Waals surface area contributed by atoms with Crippen molar-refractivity contribution < 1.29 is 19.1 Å². The highest BCUT2D eigenvalue weighted by Crippen LogP contribution is 2.32. The fourth-order valence-corrected chi connectivity index (χ4v) is 2.13. The Balaban J connectivity index is 2.21. The second-order valence-corrected chi connectivity index (χ2v) is 3.99. The average molecular weight is 228 g/mol. The van der Waals surface area contributed by atoms with E-state index >= 15 is 0 Å². The summed E-state index contributed by atoms with van der Waals surface area (Å²) in [4.78, 5) is 35.3. The van der Waals surface area contributed by atoms with Crippen LogP contribution in [0.4, 0.5) is 0 Å². The van der Waals surface area contributed by atoms with Crippen molar-refractivity contribution in [3.8, 4) is 0 Å². The Hall–Kier alpha value is -2.23. The molecule has 1 heterocycles. The van der Waals surface area contributed by atoms with E-state index in [0.717, 1.165) is 0 Å². The van der Waals surface area contributed by atoms with E-state index in [4.69, 9.17) is 4.74 Å². The fraction of sp³-hybridized carbons (Fsp3) is 0.154. The van der Waals surface area contributed by atoms with E-state index in [2.05, 4.69) is 0 Å². The van der Waals surface area contributed by atoms with Crippen molar-refractivity contribution in [1.82, 2.24) is 0 Å². The Kier molecular flexibility index (Phi) is 1.98. The molecule has 0 amide bonds. The van der Waals surface area contributed by atoms with Gasteiger partial charge in [-0.05, 0) is 6.42 Å². The summed E-state index contributed by atoms with van der Waals surface area (Å²) in [6.07, 6.45) is 0.438. The van der Waals surface area contributed by atoms with Crippen LogP contribution in [0.3, 0.4) is 0 Å². The van der Waals surface area contributed by atoms with Gasteiger partial charge in [-0.3, -0.25) is 14.4 Å². The second kappa shape index (κ2) is 3.38. The molecule has 0 atom stereocenters. The molecule has 1 aliphatic carbocycles. The van der Waals surface area contributed by atoms with Crippen LogP contribution in [-0.4, -0.2) is 17.5 Å². The molecule has 0 aromatic heterocycles. The molecule has 0 bridgehead atoms. The molecule has 0 saturated carbocycles. The molecule has 0 fully saturated rings. The summed E-state index contributed by atoms with van der Waals surface area (Å²) in [5.74, 6) is -1.11. The fourth-order valence-electron chi connectivity index (χ4n) is 2.13. The lowest BCUT2D eigenvalue weighted by atomic mass is 9.85. The van der Waals surface area contributed by atoms with E-state index < -0.39 is 5.97 Å². The van der Waals surface area contributed by atoms with Crippen LogP contribution in [0.2, 0.25) is 0 Å². The number of ether oxygens (including phenoxy) is 1. The van der Waals surface area contributed by atoms with E-state index in [9.17, 15) is 14.4 Å². The molecule has 0 unspecified atom stereocenters. The van der Waals surface area contributed by atoms with Gasteiger partial charge in [-0.25, -0.2) is 0 Å². The molecule has 0 spiro atoms. The van der Waals surface area contributed by atoms with Crippen LogP contribution in [0.5, 0.6) is 0 Å². The normalized spacial score (nSPS) is 18.7. The first kappa shape index (κ1) is 9.96. The molecular weight excluding hydrogens is 220 g/mol. The van der Waals surface area contributed by atoms with Gasteiger partial charge in [0.2, 0.25) is 5.78 Å². The maximum atomic E-state index is 12.1. The summed E-state index contributed by atoms with van der Waals surface area (Å²) < 4.78 is 4.90. The lowest BCUT2D eigenvalue weighted by molar-refractivity contribution is -0.140. The highest BCUT2D eigenvalue weighted by atomic mass is 16.5. The number of Topliss-reactive ketones (excluding diaryl/α,β-unsaturated/α-hetero) is 2. The van der Waals surface area contributed by atoms with Crippen LogP contribution in [0.1, 0.15) is 33.6 Å². The van der Waals surface area contributed by atoms with Crippen LogP contribution in [0.15, 0.2) is 35.6 Å². The van der Waals surface area contributed by atoms with Crippen LogP contribution in [-0.2, 0) is 9.53 Å². The average Bonchev–Trinajstić information content (AvgIpc) is 2.36. The molecule has 1 aromatic rings. The third-order valence-electron chi connectivity index (χ3n) is 2.97. The summed E-state index contributed by atoms with van der Waals surface area (Å²) >= 11 is 0.